The molecule has 0 spiro atoms. The quantitative estimate of drug-likeness (QED) is 0.650. The number of hydrogen-bond donors (Lipinski definition) is 0. The predicted molar refractivity (Wildman–Crippen MR) is 117 cm³/mol. The van der Waals surface area contributed by atoms with Crippen molar-refractivity contribution in [2.75, 3.05) is 25.5 Å². The molecule has 0 unspecified atom stereocenters. The van der Waals surface area contributed by atoms with Gasteiger partial charge in [0.2, 0.25) is 5.91 Å². The zero-order chi connectivity index (χ0) is 20.0. The van der Waals surface area contributed by atoms with E-state index >= 15 is 0 Å². The summed E-state index contributed by atoms with van der Waals surface area (Å²) in [6.45, 7) is 0.790. The van der Waals surface area contributed by atoms with E-state index in [9.17, 15) is 4.79 Å². The molecule has 1 fully saturated rings. The molecule has 0 aromatic heterocycles. The van der Waals surface area contributed by atoms with Gasteiger partial charge < -0.3 is 14.5 Å². The topological polar surface area (TPSA) is 32.8 Å². The van der Waals surface area contributed by atoms with Crippen LogP contribution in [-0.2, 0) is 4.79 Å². The number of carbonyl (C=O) groups is 1. The third kappa shape index (κ3) is 3.13. The number of carbonyl (C=O) groups excluding carboxylic acids is 1. The van der Waals surface area contributed by atoms with E-state index in [4.69, 9.17) is 4.74 Å². The highest BCUT2D eigenvalue weighted by atomic mass is 16.5. The number of fused-ring (bicyclic) bond motifs is 3. The molecule has 2 atom stereocenters. The molecule has 2 heterocycles. The highest BCUT2D eigenvalue weighted by Crippen LogP contribution is 2.45. The Kier molecular flexibility index (Phi) is 4.42. The van der Waals surface area contributed by atoms with Crippen molar-refractivity contribution >= 4 is 22.4 Å². The highest BCUT2D eigenvalue weighted by Gasteiger charge is 2.37. The Morgan fingerprint density at radius 2 is 1.79 bits per heavy atom. The van der Waals surface area contributed by atoms with Crippen LogP contribution in [0.25, 0.3) is 10.8 Å². The molecule has 4 heteroatoms. The van der Waals surface area contributed by atoms with Crippen LogP contribution in [0.3, 0.4) is 0 Å². The van der Waals surface area contributed by atoms with E-state index in [1.165, 1.54) is 27.6 Å². The second kappa shape index (κ2) is 7.11. The van der Waals surface area contributed by atoms with Gasteiger partial charge in [0.25, 0.3) is 0 Å². The maximum absolute atomic E-state index is 12.4. The maximum Gasteiger partial charge on any atom is 0.225 e. The number of hydrogen-bond acceptors (Lipinski definition) is 3. The first-order valence-corrected chi connectivity index (χ1v) is 10.4. The van der Waals surface area contributed by atoms with E-state index in [2.05, 4.69) is 79.7 Å². The summed E-state index contributed by atoms with van der Waals surface area (Å²) in [7, 11) is 4.11. The van der Waals surface area contributed by atoms with Gasteiger partial charge >= 0.3 is 0 Å². The molecule has 1 saturated heterocycles. The largest absolute Gasteiger partial charge is 0.470 e. The second-order valence-electron chi connectivity index (χ2n) is 8.24. The zero-order valence-electron chi connectivity index (χ0n) is 17.0. The lowest BCUT2D eigenvalue weighted by Gasteiger charge is -2.37. The Labute approximate surface area is 171 Å². The third-order valence-corrected chi connectivity index (χ3v) is 6.25. The fraction of sp³-hybridized carbons (Fsp3) is 0.320. The number of benzene rings is 3. The van der Waals surface area contributed by atoms with Crippen molar-refractivity contribution in [1.29, 1.82) is 0 Å². The summed E-state index contributed by atoms with van der Waals surface area (Å²) in [6.07, 6.45) is 2.14. The molecule has 1 amide bonds. The molecule has 2 aliphatic rings. The van der Waals surface area contributed by atoms with Crippen molar-refractivity contribution in [3.63, 3.8) is 0 Å². The molecule has 0 N–H and O–H groups in total. The minimum absolute atomic E-state index is 0.194. The molecule has 148 valence electrons. The third-order valence-electron chi connectivity index (χ3n) is 6.25. The lowest BCUT2D eigenvalue weighted by molar-refractivity contribution is -0.135. The Hall–Kier alpha value is -3.01. The summed E-state index contributed by atoms with van der Waals surface area (Å²) in [5.41, 5.74) is 3.70. The van der Waals surface area contributed by atoms with E-state index in [-0.39, 0.29) is 18.1 Å². The van der Waals surface area contributed by atoms with Gasteiger partial charge in [0.05, 0.1) is 0 Å². The zero-order valence-corrected chi connectivity index (χ0v) is 17.0. The van der Waals surface area contributed by atoms with E-state index < -0.39 is 0 Å². The molecule has 0 radical (unpaired) electrons. The van der Waals surface area contributed by atoms with Gasteiger partial charge in [0, 0.05) is 50.7 Å². The molecular formula is C25H26N2O2. The Bertz CT molecular complexity index is 1060. The van der Waals surface area contributed by atoms with Crippen molar-refractivity contribution in [1.82, 2.24) is 4.90 Å². The van der Waals surface area contributed by atoms with Gasteiger partial charge in [-0.05, 0) is 41.0 Å². The Balaban J connectivity index is 1.63. The first-order chi connectivity index (χ1) is 14.1. The van der Waals surface area contributed by atoms with Crippen LogP contribution in [-0.4, -0.2) is 37.7 Å². The van der Waals surface area contributed by atoms with Gasteiger partial charge in [-0.2, -0.15) is 0 Å². The average Bonchev–Trinajstić information content (AvgIpc) is 3.18. The van der Waals surface area contributed by atoms with Gasteiger partial charge in [-0.3, -0.25) is 4.79 Å². The molecule has 3 aromatic rings. The van der Waals surface area contributed by atoms with E-state index in [0.29, 0.717) is 6.42 Å². The lowest BCUT2D eigenvalue weighted by Crippen LogP contribution is -2.43. The molecule has 2 aliphatic heterocycles. The summed E-state index contributed by atoms with van der Waals surface area (Å²) < 4.78 is 6.40. The smallest absolute Gasteiger partial charge is 0.225 e. The summed E-state index contributed by atoms with van der Waals surface area (Å²) in [4.78, 5) is 16.4. The average molecular weight is 386 g/mol. The molecule has 4 nitrogen and oxygen atoms in total. The number of rotatable bonds is 3. The van der Waals surface area contributed by atoms with Crippen molar-refractivity contribution in [2.45, 2.75) is 31.4 Å². The molecule has 3 aromatic carbocycles. The number of likely N-dealkylation sites (tertiary alicyclic amines) is 1. The first-order valence-electron chi connectivity index (χ1n) is 10.4. The van der Waals surface area contributed by atoms with Crippen LogP contribution in [0.15, 0.2) is 60.7 Å². The predicted octanol–water partition coefficient (Wildman–Crippen LogP) is 4.77. The molecule has 0 saturated carbocycles. The number of ether oxygens (including phenoxy) is 1. The maximum atomic E-state index is 12.4. The molecular weight excluding hydrogens is 360 g/mol. The van der Waals surface area contributed by atoms with E-state index in [1.54, 1.807) is 0 Å². The highest BCUT2D eigenvalue weighted by molar-refractivity contribution is 5.89. The van der Waals surface area contributed by atoms with E-state index in [0.717, 1.165) is 25.1 Å². The number of amides is 1. The Morgan fingerprint density at radius 1 is 1.00 bits per heavy atom. The van der Waals surface area contributed by atoms with Crippen molar-refractivity contribution < 1.29 is 9.53 Å². The SMILES string of the molecule is CN(C)c1ccc([C@H]2C[C@@H](N3CCCC3=O)Oc3ccc4ccccc4c32)cc1. The summed E-state index contributed by atoms with van der Waals surface area (Å²) >= 11 is 0. The number of nitrogens with zero attached hydrogens (tertiary/aromatic N) is 2. The Morgan fingerprint density at radius 3 is 2.52 bits per heavy atom. The van der Waals surface area contributed by atoms with Gasteiger partial charge in [0.1, 0.15) is 5.75 Å². The molecule has 0 aliphatic carbocycles. The van der Waals surface area contributed by atoms with Crippen LogP contribution in [0.4, 0.5) is 5.69 Å². The fourth-order valence-corrected chi connectivity index (χ4v) is 4.72. The van der Waals surface area contributed by atoms with Gasteiger partial charge in [-0.25, -0.2) is 0 Å². The van der Waals surface area contributed by atoms with E-state index in [1.807, 2.05) is 4.90 Å². The van der Waals surface area contributed by atoms with Crippen LogP contribution >= 0.6 is 0 Å². The van der Waals surface area contributed by atoms with Crippen LogP contribution in [0.2, 0.25) is 0 Å². The summed E-state index contributed by atoms with van der Waals surface area (Å²) in [5.74, 6) is 1.31. The van der Waals surface area contributed by atoms with Crippen LogP contribution < -0.4 is 9.64 Å². The number of anilines is 1. The minimum atomic E-state index is -0.197. The van der Waals surface area contributed by atoms with Crippen molar-refractivity contribution in [3.05, 3.63) is 71.8 Å². The van der Waals surface area contributed by atoms with Crippen LogP contribution in [0.5, 0.6) is 5.75 Å². The van der Waals surface area contributed by atoms with Crippen molar-refractivity contribution in [2.24, 2.45) is 0 Å². The normalized spacial score (nSPS) is 21.2. The van der Waals surface area contributed by atoms with Crippen molar-refractivity contribution in [3.8, 4) is 5.75 Å². The van der Waals surface area contributed by atoms with Gasteiger partial charge in [-0.15, -0.1) is 0 Å². The molecule has 0 bridgehead atoms. The van der Waals surface area contributed by atoms with Gasteiger partial charge in [-0.1, -0.05) is 42.5 Å². The minimum Gasteiger partial charge on any atom is -0.470 e. The van der Waals surface area contributed by atoms with Crippen LogP contribution in [0.1, 0.15) is 36.3 Å². The lowest BCUT2D eigenvalue weighted by atomic mass is 9.82. The summed E-state index contributed by atoms with van der Waals surface area (Å²) in [5, 5.41) is 2.46. The monoisotopic (exact) mass is 386 g/mol. The fourth-order valence-electron chi connectivity index (χ4n) is 4.72. The second-order valence-corrected chi connectivity index (χ2v) is 8.24. The van der Waals surface area contributed by atoms with Crippen LogP contribution in [0, 0.1) is 0 Å². The standard InChI is InChI=1S/C25H26N2O2/c1-26(2)19-12-9-18(10-13-19)21-16-24(27-15-5-8-23(27)28)29-22-14-11-17-6-3-4-7-20(17)25(21)22/h3-4,6-7,9-14,21,24H,5,8,15-16H2,1-2H3/t21-,24+/m1/s1. The first kappa shape index (κ1) is 18.0. The summed E-state index contributed by atoms with van der Waals surface area (Å²) in [6, 6.07) is 21.5. The van der Waals surface area contributed by atoms with Gasteiger partial charge in [0.15, 0.2) is 6.23 Å². The molecule has 5 rings (SSSR count). The molecule has 29 heavy (non-hydrogen) atoms.